The lowest BCUT2D eigenvalue weighted by Gasteiger charge is -2.22. The molecule has 0 bridgehead atoms. The van der Waals surface area contributed by atoms with Gasteiger partial charge in [0.25, 0.3) is 5.91 Å². The van der Waals surface area contributed by atoms with Gasteiger partial charge in [-0.2, -0.15) is 0 Å². The fourth-order valence-corrected chi connectivity index (χ4v) is 3.82. The second-order valence-corrected chi connectivity index (χ2v) is 8.04. The zero-order valence-electron chi connectivity index (χ0n) is 18.1. The van der Waals surface area contributed by atoms with Gasteiger partial charge in [0.1, 0.15) is 5.54 Å². The van der Waals surface area contributed by atoms with Gasteiger partial charge >= 0.3 is 12.1 Å². The van der Waals surface area contributed by atoms with E-state index >= 15 is 0 Å². The number of urea groups is 2. The van der Waals surface area contributed by atoms with Crippen LogP contribution in [0.3, 0.4) is 0 Å². The molecule has 1 aliphatic heterocycles. The van der Waals surface area contributed by atoms with Crippen LogP contribution in [0.1, 0.15) is 24.5 Å². The van der Waals surface area contributed by atoms with E-state index in [1.807, 2.05) is 72.8 Å². The third-order valence-electron chi connectivity index (χ3n) is 5.71. The lowest BCUT2D eigenvalue weighted by molar-refractivity contribution is -0.131. The summed E-state index contributed by atoms with van der Waals surface area (Å²) in [7, 11) is 0. The van der Waals surface area contributed by atoms with Crippen LogP contribution in [0.4, 0.5) is 9.59 Å². The first-order valence-electron chi connectivity index (χ1n) is 10.6. The summed E-state index contributed by atoms with van der Waals surface area (Å²) in [4.78, 5) is 50.7. The number of benzene rings is 3. The SMILES string of the molecule is CC1(c2ccc3ccccc3c2)NC(=O)N(CCC(=O)NC(=O)NCc2ccccc2)C1=O. The average molecular weight is 444 g/mol. The van der Waals surface area contributed by atoms with Crippen molar-refractivity contribution in [3.05, 3.63) is 83.9 Å². The number of nitrogens with zero attached hydrogens (tertiary/aromatic N) is 1. The molecule has 4 rings (SSSR count). The van der Waals surface area contributed by atoms with E-state index in [-0.39, 0.29) is 19.5 Å². The molecular weight excluding hydrogens is 420 g/mol. The van der Waals surface area contributed by atoms with Crippen LogP contribution < -0.4 is 16.0 Å². The molecule has 8 nitrogen and oxygen atoms in total. The van der Waals surface area contributed by atoms with E-state index in [4.69, 9.17) is 0 Å². The zero-order valence-corrected chi connectivity index (χ0v) is 18.1. The maximum atomic E-state index is 13.1. The molecule has 0 aromatic heterocycles. The Balaban J connectivity index is 1.34. The van der Waals surface area contributed by atoms with Crippen molar-refractivity contribution in [1.82, 2.24) is 20.9 Å². The summed E-state index contributed by atoms with van der Waals surface area (Å²) in [6, 6.07) is 21.4. The fraction of sp³-hybridized carbons (Fsp3) is 0.200. The van der Waals surface area contributed by atoms with Crippen LogP contribution in [0.2, 0.25) is 0 Å². The highest BCUT2D eigenvalue weighted by molar-refractivity contribution is 6.08. The zero-order chi connectivity index (χ0) is 23.4. The van der Waals surface area contributed by atoms with Crippen molar-refractivity contribution in [2.45, 2.75) is 25.4 Å². The molecule has 3 N–H and O–H groups in total. The number of carbonyl (C=O) groups is 4. The highest BCUT2D eigenvalue weighted by Crippen LogP contribution is 2.31. The second kappa shape index (κ2) is 9.12. The molecule has 3 aromatic rings. The predicted molar refractivity (Wildman–Crippen MR) is 123 cm³/mol. The summed E-state index contributed by atoms with van der Waals surface area (Å²) in [5.41, 5.74) is 0.323. The van der Waals surface area contributed by atoms with Crippen LogP contribution in [-0.4, -0.2) is 35.3 Å². The van der Waals surface area contributed by atoms with Crippen molar-refractivity contribution >= 4 is 34.6 Å². The molecule has 33 heavy (non-hydrogen) atoms. The van der Waals surface area contributed by atoms with Crippen LogP contribution in [0.5, 0.6) is 0 Å². The number of rotatable bonds is 6. The normalized spacial score (nSPS) is 17.7. The summed E-state index contributed by atoms with van der Waals surface area (Å²) in [5.74, 6) is -1.02. The Morgan fingerprint density at radius 1 is 0.939 bits per heavy atom. The summed E-state index contributed by atoms with van der Waals surface area (Å²) >= 11 is 0. The molecule has 6 amide bonds. The predicted octanol–water partition coefficient (Wildman–Crippen LogP) is 3.02. The average Bonchev–Trinajstić information content (AvgIpc) is 3.05. The van der Waals surface area contributed by atoms with Gasteiger partial charge in [-0.25, -0.2) is 9.59 Å². The minimum absolute atomic E-state index is 0.133. The number of amides is 6. The first-order valence-corrected chi connectivity index (χ1v) is 10.6. The minimum atomic E-state index is -1.23. The highest BCUT2D eigenvalue weighted by atomic mass is 16.2. The summed E-state index contributed by atoms with van der Waals surface area (Å²) in [6.45, 7) is 1.79. The minimum Gasteiger partial charge on any atom is -0.334 e. The Kier molecular flexibility index (Phi) is 6.08. The van der Waals surface area contributed by atoms with Crippen LogP contribution in [0.15, 0.2) is 72.8 Å². The summed E-state index contributed by atoms with van der Waals surface area (Å²) in [5, 5.41) is 9.54. The van der Waals surface area contributed by atoms with Gasteiger partial charge in [0.05, 0.1) is 0 Å². The van der Waals surface area contributed by atoms with Gasteiger partial charge < -0.3 is 10.6 Å². The van der Waals surface area contributed by atoms with Gasteiger partial charge in [0, 0.05) is 19.5 Å². The van der Waals surface area contributed by atoms with E-state index in [1.54, 1.807) is 6.92 Å². The third kappa shape index (κ3) is 4.69. The number of hydrogen-bond donors (Lipinski definition) is 3. The lowest BCUT2D eigenvalue weighted by Crippen LogP contribution is -2.42. The van der Waals surface area contributed by atoms with Crippen molar-refractivity contribution in [1.29, 1.82) is 0 Å². The molecule has 3 aromatic carbocycles. The standard InChI is InChI=1S/C25H24N4O4/c1-25(20-12-11-18-9-5-6-10-19(18)15-20)22(31)29(24(33)28-25)14-13-21(30)27-23(32)26-16-17-7-3-2-4-8-17/h2-12,15H,13-14,16H2,1H3,(H,28,33)(H2,26,27,30,32). The van der Waals surface area contributed by atoms with E-state index in [0.29, 0.717) is 5.56 Å². The van der Waals surface area contributed by atoms with Gasteiger partial charge in [-0.3, -0.25) is 19.8 Å². The number of carbonyl (C=O) groups excluding carboxylic acids is 4. The number of hydrogen-bond acceptors (Lipinski definition) is 4. The Morgan fingerprint density at radius 2 is 1.64 bits per heavy atom. The van der Waals surface area contributed by atoms with Gasteiger partial charge in [0.15, 0.2) is 0 Å². The van der Waals surface area contributed by atoms with Gasteiger partial charge in [-0.15, -0.1) is 0 Å². The monoisotopic (exact) mass is 444 g/mol. The maximum absolute atomic E-state index is 13.1. The highest BCUT2D eigenvalue weighted by Gasteiger charge is 2.48. The molecule has 1 saturated heterocycles. The van der Waals surface area contributed by atoms with Crippen molar-refractivity contribution in [3.8, 4) is 0 Å². The molecule has 1 unspecified atom stereocenters. The first kappa shape index (κ1) is 22.0. The van der Waals surface area contributed by atoms with Gasteiger partial charge in [-0.1, -0.05) is 66.7 Å². The van der Waals surface area contributed by atoms with Crippen molar-refractivity contribution in [2.24, 2.45) is 0 Å². The molecule has 0 spiro atoms. The second-order valence-electron chi connectivity index (χ2n) is 8.04. The van der Waals surface area contributed by atoms with E-state index < -0.39 is 29.4 Å². The molecule has 1 fully saturated rings. The fourth-order valence-electron chi connectivity index (χ4n) is 3.82. The van der Waals surface area contributed by atoms with Gasteiger partial charge in [-0.05, 0) is 34.9 Å². The first-order chi connectivity index (χ1) is 15.9. The molecule has 168 valence electrons. The molecule has 1 aliphatic rings. The lowest BCUT2D eigenvalue weighted by atomic mass is 9.90. The van der Waals surface area contributed by atoms with E-state index in [0.717, 1.165) is 21.2 Å². The van der Waals surface area contributed by atoms with Crippen LogP contribution in [0, 0.1) is 0 Å². The number of fused-ring (bicyclic) bond motifs is 1. The summed E-state index contributed by atoms with van der Waals surface area (Å²) in [6.07, 6.45) is -0.189. The molecule has 0 radical (unpaired) electrons. The molecule has 0 saturated carbocycles. The Hall–Kier alpha value is -4.20. The topological polar surface area (TPSA) is 108 Å². The smallest absolute Gasteiger partial charge is 0.325 e. The van der Waals surface area contributed by atoms with Crippen LogP contribution >= 0.6 is 0 Å². The molecular formula is C25H24N4O4. The maximum Gasteiger partial charge on any atom is 0.325 e. The van der Waals surface area contributed by atoms with Crippen LogP contribution in [0.25, 0.3) is 10.8 Å². The van der Waals surface area contributed by atoms with E-state index in [9.17, 15) is 19.2 Å². The van der Waals surface area contributed by atoms with Gasteiger partial charge in [0.2, 0.25) is 5.91 Å². The quantitative estimate of drug-likeness (QED) is 0.508. The van der Waals surface area contributed by atoms with Crippen LogP contribution in [-0.2, 0) is 21.7 Å². The van der Waals surface area contributed by atoms with E-state index in [2.05, 4.69) is 16.0 Å². The molecule has 1 heterocycles. The molecule has 0 aliphatic carbocycles. The molecule has 8 heteroatoms. The largest absolute Gasteiger partial charge is 0.334 e. The van der Waals surface area contributed by atoms with E-state index in [1.165, 1.54) is 0 Å². The molecule has 1 atom stereocenters. The summed E-state index contributed by atoms with van der Waals surface area (Å²) < 4.78 is 0. The third-order valence-corrected chi connectivity index (χ3v) is 5.71. The van der Waals surface area contributed by atoms with Crippen molar-refractivity contribution in [3.63, 3.8) is 0 Å². The van der Waals surface area contributed by atoms with Crippen molar-refractivity contribution < 1.29 is 19.2 Å². The number of imide groups is 2. The Bertz CT molecular complexity index is 1230. The van der Waals surface area contributed by atoms with Crippen molar-refractivity contribution in [2.75, 3.05) is 6.54 Å². The Morgan fingerprint density at radius 3 is 2.39 bits per heavy atom. The Labute approximate surface area is 191 Å². The number of nitrogens with one attached hydrogen (secondary N) is 3.